The number of aryl methyl sites for hydroxylation is 1. The van der Waals surface area contributed by atoms with Gasteiger partial charge in [-0.3, -0.25) is 4.68 Å². The van der Waals surface area contributed by atoms with Gasteiger partial charge in [-0.05, 0) is 12.8 Å². The third-order valence-electron chi connectivity index (χ3n) is 2.84. The first-order chi connectivity index (χ1) is 7.95. The lowest BCUT2D eigenvalue weighted by molar-refractivity contribution is 0.304. The van der Waals surface area contributed by atoms with Crippen LogP contribution in [0.5, 0.6) is 0 Å². The normalized spacial score (nSPS) is 13.0. The number of halogens is 1. The lowest BCUT2D eigenvalue weighted by Gasteiger charge is -2.22. The molecule has 0 saturated carbocycles. The van der Waals surface area contributed by atoms with Gasteiger partial charge in [-0.25, -0.2) is 0 Å². The molecule has 3 N–H and O–H groups in total. The number of amidine groups is 1. The Hall–Kier alpha value is -1.23. The molecular formula is C11H19ClN4O. The van der Waals surface area contributed by atoms with E-state index in [1.165, 1.54) is 0 Å². The molecule has 1 heterocycles. The van der Waals surface area contributed by atoms with Crippen molar-refractivity contribution in [3.8, 4) is 0 Å². The molecule has 1 rings (SSSR count). The third-order valence-corrected chi connectivity index (χ3v) is 3.04. The van der Waals surface area contributed by atoms with Crippen LogP contribution in [-0.2, 0) is 6.54 Å². The zero-order valence-corrected chi connectivity index (χ0v) is 11.0. The standard InChI is InChI=1S/C11H19ClN4O/c1-11(2,10(13)15-17)5-3-4-6-16-8-9(12)7-14-16/h7-8,17H,3-6H2,1-2H3,(H2,13,15). The number of rotatable bonds is 6. The molecule has 1 aromatic rings. The van der Waals surface area contributed by atoms with Gasteiger partial charge in [0.15, 0.2) is 0 Å². The molecule has 0 amide bonds. The quantitative estimate of drug-likeness (QED) is 0.271. The van der Waals surface area contributed by atoms with Crippen LogP contribution in [0.25, 0.3) is 0 Å². The molecule has 0 radical (unpaired) electrons. The fourth-order valence-corrected chi connectivity index (χ4v) is 1.72. The minimum Gasteiger partial charge on any atom is -0.409 e. The summed E-state index contributed by atoms with van der Waals surface area (Å²) in [6.45, 7) is 4.76. The number of nitrogens with zero attached hydrogens (tertiary/aromatic N) is 3. The van der Waals surface area contributed by atoms with E-state index < -0.39 is 0 Å². The van der Waals surface area contributed by atoms with E-state index in [1.54, 1.807) is 12.4 Å². The maximum Gasteiger partial charge on any atom is 0.144 e. The SMILES string of the molecule is CC(C)(CCCCn1cc(Cl)cn1)/C(N)=N/O. The van der Waals surface area contributed by atoms with Crippen molar-refractivity contribution < 1.29 is 5.21 Å². The highest BCUT2D eigenvalue weighted by atomic mass is 35.5. The van der Waals surface area contributed by atoms with E-state index in [0.717, 1.165) is 25.8 Å². The second kappa shape index (κ2) is 5.91. The van der Waals surface area contributed by atoms with Gasteiger partial charge in [0.05, 0.1) is 11.2 Å². The number of aromatic nitrogens is 2. The van der Waals surface area contributed by atoms with Crippen LogP contribution in [-0.4, -0.2) is 20.8 Å². The Balaban J connectivity index is 2.29. The van der Waals surface area contributed by atoms with Gasteiger partial charge in [0.2, 0.25) is 0 Å². The predicted molar refractivity (Wildman–Crippen MR) is 68.3 cm³/mol. The summed E-state index contributed by atoms with van der Waals surface area (Å²) in [5.74, 6) is 0.277. The Morgan fingerprint density at radius 1 is 1.59 bits per heavy atom. The van der Waals surface area contributed by atoms with Gasteiger partial charge in [-0.1, -0.05) is 37.0 Å². The molecule has 0 aliphatic carbocycles. The van der Waals surface area contributed by atoms with E-state index in [0.29, 0.717) is 5.02 Å². The summed E-state index contributed by atoms with van der Waals surface area (Å²) in [5, 5.41) is 16.5. The van der Waals surface area contributed by atoms with Crippen molar-refractivity contribution in [1.82, 2.24) is 9.78 Å². The van der Waals surface area contributed by atoms with Gasteiger partial charge in [-0.2, -0.15) is 5.10 Å². The molecule has 0 saturated heterocycles. The summed E-state index contributed by atoms with van der Waals surface area (Å²) in [4.78, 5) is 0. The average Bonchev–Trinajstić information content (AvgIpc) is 2.69. The minimum absolute atomic E-state index is 0.267. The van der Waals surface area contributed by atoms with Gasteiger partial charge < -0.3 is 10.9 Å². The van der Waals surface area contributed by atoms with Crippen molar-refractivity contribution >= 4 is 17.4 Å². The lowest BCUT2D eigenvalue weighted by Crippen LogP contribution is -2.31. The smallest absolute Gasteiger partial charge is 0.144 e. The molecule has 0 spiro atoms. The molecule has 0 atom stereocenters. The third kappa shape index (κ3) is 4.26. The summed E-state index contributed by atoms with van der Waals surface area (Å²) < 4.78 is 1.82. The summed E-state index contributed by atoms with van der Waals surface area (Å²) in [6, 6.07) is 0. The van der Waals surface area contributed by atoms with Crippen molar-refractivity contribution in [1.29, 1.82) is 0 Å². The second-order valence-corrected chi connectivity index (χ2v) is 5.18. The van der Waals surface area contributed by atoms with Crippen molar-refractivity contribution in [2.24, 2.45) is 16.3 Å². The summed E-state index contributed by atoms with van der Waals surface area (Å²) in [5.41, 5.74) is 5.35. The van der Waals surface area contributed by atoms with Crippen molar-refractivity contribution in [2.45, 2.75) is 39.7 Å². The van der Waals surface area contributed by atoms with E-state index in [4.69, 9.17) is 22.5 Å². The predicted octanol–water partition coefficient (Wildman–Crippen LogP) is 2.48. The van der Waals surface area contributed by atoms with Gasteiger partial charge in [0.1, 0.15) is 5.84 Å². The Bertz CT molecular complexity index is 387. The largest absolute Gasteiger partial charge is 0.409 e. The lowest BCUT2D eigenvalue weighted by atomic mass is 9.86. The topological polar surface area (TPSA) is 76.4 Å². The summed E-state index contributed by atoms with van der Waals surface area (Å²) in [6.07, 6.45) is 6.27. The van der Waals surface area contributed by atoms with Gasteiger partial charge in [0.25, 0.3) is 0 Å². The molecule has 96 valence electrons. The van der Waals surface area contributed by atoms with Gasteiger partial charge in [0, 0.05) is 18.2 Å². The zero-order chi connectivity index (χ0) is 12.9. The molecule has 17 heavy (non-hydrogen) atoms. The molecular weight excluding hydrogens is 240 g/mol. The highest BCUT2D eigenvalue weighted by Crippen LogP contribution is 2.23. The van der Waals surface area contributed by atoms with Gasteiger partial charge >= 0.3 is 0 Å². The molecule has 6 heteroatoms. The number of hydrogen-bond acceptors (Lipinski definition) is 3. The Labute approximate surface area is 106 Å². The van der Waals surface area contributed by atoms with E-state index in [9.17, 15) is 0 Å². The van der Waals surface area contributed by atoms with E-state index in [-0.39, 0.29) is 11.3 Å². The van der Waals surface area contributed by atoms with Crippen LogP contribution in [0.2, 0.25) is 5.02 Å². The maximum atomic E-state index is 8.64. The Morgan fingerprint density at radius 3 is 2.82 bits per heavy atom. The first-order valence-corrected chi connectivity index (χ1v) is 5.99. The number of hydrogen-bond donors (Lipinski definition) is 2. The van der Waals surface area contributed by atoms with Crippen LogP contribution in [0.15, 0.2) is 17.5 Å². The molecule has 5 nitrogen and oxygen atoms in total. The second-order valence-electron chi connectivity index (χ2n) is 4.75. The van der Waals surface area contributed by atoms with E-state index >= 15 is 0 Å². The van der Waals surface area contributed by atoms with Crippen LogP contribution in [0.3, 0.4) is 0 Å². The molecule has 0 aromatic carbocycles. The molecule has 0 unspecified atom stereocenters. The molecule has 0 aliphatic heterocycles. The van der Waals surface area contributed by atoms with Crippen LogP contribution < -0.4 is 5.73 Å². The van der Waals surface area contributed by atoms with Crippen LogP contribution in [0.4, 0.5) is 0 Å². The first kappa shape index (κ1) is 13.8. The summed E-state index contributed by atoms with van der Waals surface area (Å²) >= 11 is 5.76. The van der Waals surface area contributed by atoms with Crippen LogP contribution >= 0.6 is 11.6 Å². The number of oxime groups is 1. The fourth-order valence-electron chi connectivity index (χ4n) is 1.56. The molecule has 0 aliphatic rings. The molecule has 0 bridgehead atoms. The van der Waals surface area contributed by atoms with Gasteiger partial charge in [-0.15, -0.1) is 0 Å². The average molecular weight is 259 g/mol. The minimum atomic E-state index is -0.267. The Kier molecular flexibility index (Phi) is 4.81. The summed E-state index contributed by atoms with van der Waals surface area (Å²) in [7, 11) is 0. The van der Waals surface area contributed by atoms with Crippen molar-refractivity contribution in [2.75, 3.05) is 0 Å². The van der Waals surface area contributed by atoms with Crippen LogP contribution in [0.1, 0.15) is 33.1 Å². The number of nitrogens with two attached hydrogens (primary N) is 1. The fraction of sp³-hybridized carbons (Fsp3) is 0.636. The van der Waals surface area contributed by atoms with Crippen molar-refractivity contribution in [3.05, 3.63) is 17.4 Å². The highest BCUT2D eigenvalue weighted by molar-refractivity contribution is 6.30. The zero-order valence-electron chi connectivity index (χ0n) is 10.2. The molecule has 0 fully saturated rings. The van der Waals surface area contributed by atoms with Crippen molar-refractivity contribution in [3.63, 3.8) is 0 Å². The highest BCUT2D eigenvalue weighted by Gasteiger charge is 2.22. The molecule has 1 aromatic heterocycles. The van der Waals surface area contributed by atoms with E-state index in [2.05, 4.69) is 10.3 Å². The number of unbranched alkanes of at least 4 members (excludes halogenated alkanes) is 1. The monoisotopic (exact) mass is 258 g/mol. The van der Waals surface area contributed by atoms with Crippen LogP contribution in [0, 0.1) is 5.41 Å². The Morgan fingerprint density at radius 2 is 2.29 bits per heavy atom. The maximum absolute atomic E-state index is 8.64. The van der Waals surface area contributed by atoms with E-state index in [1.807, 2.05) is 18.5 Å². The first-order valence-electron chi connectivity index (χ1n) is 5.61.